The number of nitrogens with zero attached hydrogens (tertiary/aromatic N) is 2. The average Bonchev–Trinajstić information content (AvgIpc) is 3.06. The SMILES string of the molecule is N#CC1(c2ncc(-c3ccc4c(c3)OCO4)[nH]2)COC1. The topological polar surface area (TPSA) is 80.2 Å². The van der Waals surface area contributed by atoms with Gasteiger partial charge in [0.1, 0.15) is 5.82 Å². The number of aromatic nitrogens is 2. The monoisotopic (exact) mass is 269 g/mol. The number of hydrogen-bond donors (Lipinski definition) is 1. The standard InChI is InChI=1S/C14H11N3O3/c15-5-14(6-18-7-14)13-16-4-10(17-13)9-1-2-11-12(3-9)20-8-19-11/h1-4H,6-8H2,(H,16,17). The molecule has 4 rings (SSSR count). The molecule has 1 aromatic heterocycles. The van der Waals surface area contributed by atoms with Gasteiger partial charge in [-0.3, -0.25) is 0 Å². The Morgan fingerprint density at radius 2 is 2.10 bits per heavy atom. The Bertz CT molecular complexity index is 713. The van der Waals surface area contributed by atoms with Crippen LogP contribution in [-0.4, -0.2) is 30.0 Å². The van der Waals surface area contributed by atoms with Crippen molar-refractivity contribution in [2.24, 2.45) is 0 Å². The van der Waals surface area contributed by atoms with Crippen LogP contribution in [0.15, 0.2) is 24.4 Å². The minimum absolute atomic E-state index is 0.252. The van der Waals surface area contributed by atoms with Crippen LogP contribution in [-0.2, 0) is 10.2 Å². The minimum Gasteiger partial charge on any atom is -0.454 e. The Morgan fingerprint density at radius 3 is 2.85 bits per heavy atom. The van der Waals surface area contributed by atoms with Gasteiger partial charge in [0.15, 0.2) is 16.9 Å². The van der Waals surface area contributed by atoms with Crippen LogP contribution in [0.2, 0.25) is 0 Å². The maximum Gasteiger partial charge on any atom is 0.231 e. The van der Waals surface area contributed by atoms with E-state index >= 15 is 0 Å². The number of hydrogen-bond acceptors (Lipinski definition) is 5. The third-order valence-corrected chi connectivity index (χ3v) is 3.62. The average molecular weight is 269 g/mol. The Hall–Kier alpha value is -2.52. The zero-order chi connectivity index (χ0) is 13.6. The van der Waals surface area contributed by atoms with Crippen molar-refractivity contribution in [2.45, 2.75) is 5.41 Å². The second-order valence-corrected chi connectivity index (χ2v) is 4.90. The van der Waals surface area contributed by atoms with Gasteiger partial charge in [-0.05, 0) is 18.2 Å². The van der Waals surface area contributed by atoms with Crippen molar-refractivity contribution >= 4 is 0 Å². The molecule has 2 aliphatic heterocycles. The van der Waals surface area contributed by atoms with Gasteiger partial charge in [0.25, 0.3) is 0 Å². The van der Waals surface area contributed by atoms with Crippen LogP contribution >= 0.6 is 0 Å². The van der Waals surface area contributed by atoms with Gasteiger partial charge in [-0.15, -0.1) is 0 Å². The van der Waals surface area contributed by atoms with Crippen LogP contribution in [0.4, 0.5) is 0 Å². The number of nitriles is 1. The number of imidazole rings is 1. The highest BCUT2D eigenvalue weighted by atomic mass is 16.7. The zero-order valence-corrected chi connectivity index (χ0v) is 10.5. The van der Waals surface area contributed by atoms with Gasteiger partial charge in [-0.2, -0.15) is 5.26 Å². The van der Waals surface area contributed by atoms with E-state index in [1.807, 2.05) is 18.2 Å². The molecule has 0 bridgehead atoms. The van der Waals surface area contributed by atoms with Crippen molar-refractivity contribution in [3.8, 4) is 28.8 Å². The van der Waals surface area contributed by atoms with Crippen molar-refractivity contribution in [2.75, 3.05) is 20.0 Å². The van der Waals surface area contributed by atoms with E-state index in [2.05, 4.69) is 16.0 Å². The summed E-state index contributed by atoms with van der Waals surface area (Å²) >= 11 is 0. The summed E-state index contributed by atoms with van der Waals surface area (Å²) in [5, 5.41) is 9.27. The minimum atomic E-state index is -0.630. The lowest BCUT2D eigenvalue weighted by molar-refractivity contribution is -0.0335. The first-order valence-electron chi connectivity index (χ1n) is 6.25. The number of ether oxygens (including phenoxy) is 3. The molecular formula is C14H11N3O3. The molecule has 1 aromatic carbocycles. The summed E-state index contributed by atoms with van der Waals surface area (Å²) in [6, 6.07) is 7.97. The first-order valence-corrected chi connectivity index (χ1v) is 6.25. The van der Waals surface area contributed by atoms with Crippen LogP contribution in [0.25, 0.3) is 11.3 Å². The molecule has 0 saturated carbocycles. The smallest absolute Gasteiger partial charge is 0.231 e. The lowest BCUT2D eigenvalue weighted by Gasteiger charge is -2.32. The molecule has 0 unspecified atom stereocenters. The molecule has 0 spiro atoms. The molecule has 100 valence electrons. The maximum atomic E-state index is 9.27. The van der Waals surface area contributed by atoms with Crippen LogP contribution in [0, 0.1) is 11.3 Å². The van der Waals surface area contributed by atoms with Crippen molar-refractivity contribution in [1.29, 1.82) is 5.26 Å². The Kier molecular flexibility index (Phi) is 2.26. The highest BCUT2D eigenvalue weighted by Crippen LogP contribution is 2.36. The Balaban J connectivity index is 1.70. The molecule has 1 N–H and O–H groups in total. The normalized spacial score (nSPS) is 18.4. The summed E-state index contributed by atoms with van der Waals surface area (Å²) in [4.78, 5) is 7.53. The highest BCUT2D eigenvalue weighted by molar-refractivity contribution is 5.64. The number of nitrogens with one attached hydrogen (secondary N) is 1. The fourth-order valence-corrected chi connectivity index (χ4v) is 2.34. The van der Waals surface area contributed by atoms with E-state index < -0.39 is 5.41 Å². The summed E-state index contributed by atoms with van der Waals surface area (Å²) in [6.07, 6.45) is 1.73. The van der Waals surface area contributed by atoms with Crippen molar-refractivity contribution in [1.82, 2.24) is 9.97 Å². The third kappa shape index (κ3) is 1.50. The Morgan fingerprint density at radius 1 is 1.25 bits per heavy atom. The number of benzene rings is 1. The lowest BCUT2D eigenvalue weighted by Crippen LogP contribution is -2.46. The number of aromatic amines is 1. The third-order valence-electron chi connectivity index (χ3n) is 3.62. The fourth-order valence-electron chi connectivity index (χ4n) is 2.34. The van der Waals surface area contributed by atoms with E-state index in [1.54, 1.807) is 6.20 Å². The van der Waals surface area contributed by atoms with Gasteiger partial charge in [0, 0.05) is 5.56 Å². The molecular weight excluding hydrogens is 258 g/mol. The van der Waals surface area contributed by atoms with Crippen LogP contribution < -0.4 is 9.47 Å². The van der Waals surface area contributed by atoms with E-state index in [-0.39, 0.29) is 6.79 Å². The largest absolute Gasteiger partial charge is 0.454 e. The summed E-state index contributed by atoms with van der Waals surface area (Å²) in [5.41, 5.74) is 1.16. The van der Waals surface area contributed by atoms with Gasteiger partial charge < -0.3 is 19.2 Å². The highest BCUT2D eigenvalue weighted by Gasteiger charge is 2.43. The van der Waals surface area contributed by atoms with Gasteiger partial charge in [0.05, 0.1) is 31.2 Å². The molecule has 2 aliphatic rings. The van der Waals surface area contributed by atoms with E-state index in [1.165, 1.54) is 0 Å². The van der Waals surface area contributed by atoms with E-state index in [0.717, 1.165) is 22.8 Å². The van der Waals surface area contributed by atoms with Crippen LogP contribution in [0.1, 0.15) is 5.82 Å². The molecule has 6 nitrogen and oxygen atoms in total. The van der Waals surface area contributed by atoms with Gasteiger partial charge in [-0.25, -0.2) is 4.98 Å². The van der Waals surface area contributed by atoms with Gasteiger partial charge >= 0.3 is 0 Å². The van der Waals surface area contributed by atoms with Gasteiger partial charge in [-0.1, -0.05) is 0 Å². The molecule has 20 heavy (non-hydrogen) atoms. The molecule has 0 aliphatic carbocycles. The predicted octanol–water partition coefficient (Wildman–Crippen LogP) is 1.60. The summed E-state index contributed by atoms with van der Waals surface area (Å²) in [7, 11) is 0. The van der Waals surface area contributed by atoms with Crippen LogP contribution in [0.5, 0.6) is 11.5 Å². The van der Waals surface area contributed by atoms with Gasteiger partial charge in [0.2, 0.25) is 6.79 Å². The summed E-state index contributed by atoms with van der Waals surface area (Å²) < 4.78 is 15.8. The molecule has 0 amide bonds. The molecule has 0 radical (unpaired) electrons. The van der Waals surface area contributed by atoms with E-state index in [4.69, 9.17) is 14.2 Å². The Labute approximate surface area is 114 Å². The summed E-state index contributed by atoms with van der Waals surface area (Å²) in [5.74, 6) is 2.12. The number of H-pyrrole nitrogens is 1. The van der Waals surface area contributed by atoms with E-state index in [9.17, 15) is 5.26 Å². The quantitative estimate of drug-likeness (QED) is 0.895. The molecule has 0 atom stereocenters. The fraction of sp³-hybridized carbons (Fsp3) is 0.286. The lowest BCUT2D eigenvalue weighted by atomic mass is 9.87. The number of rotatable bonds is 2. The van der Waals surface area contributed by atoms with Crippen molar-refractivity contribution < 1.29 is 14.2 Å². The maximum absolute atomic E-state index is 9.27. The first-order chi connectivity index (χ1) is 9.81. The van der Waals surface area contributed by atoms with Crippen LogP contribution in [0.3, 0.4) is 0 Å². The molecule has 1 fully saturated rings. The zero-order valence-electron chi connectivity index (χ0n) is 10.5. The second-order valence-electron chi connectivity index (χ2n) is 4.90. The van der Waals surface area contributed by atoms with Crippen molar-refractivity contribution in [3.63, 3.8) is 0 Å². The predicted molar refractivity (Wildman–Crippen MR) is 68.3 cm³/mol. The molecule has 2 aromatic rings. The molecule has 6 heteroatoms. The summed E-state index contributed by atoms with van der Waals surface area (Å²) in [6.45, 7) is 1.02. The van der Waals surface area contributed by atoms with E-state index in [0.29, 0.717) is 19.0 Å². The molecule has 1 saturated heterocycles. The first kappa shape index (κ1) is 11.3. The molecule has 3 heterocycles. The van der Waals surface area contributed by atoms with Crippen molar-refractivity contribution in [3.05, 3.63) is 30.2 Å². The number of fused-ring (bicyclic) bond motifs is 1. The second kappa shape index (κ2) is 3.99.